The van der Waals surface area contributed by atoms with Crippen LogP contribution in [0.25, 0.3) is 27.7 Å². The zero-order valence-corrected chi connectivity index (χ0v) is 21.9. The number of pyridine rings is 1. The number of nitrogens with one attached hydrogen (secondary N) is 1. The number of benzene rings is 2. The van der Waals surface area contributed by atoms with Crippen LogP contribution in [-0.2, 0) is 9.84 Å². The van der Waals surface area contributed by atoms with Crippen LogP contribution in [0.1, 0.15) is 18.8 Å². The van der Waals surface area contributed by atoms with Gasteiger partial charge in [-0.15, -0.1) is 0 Å². The Morgan fingerprint density at radius 2 is 1.74 bits per heavy atom. The highest BCUT2D eigenvalue weighted by atomic mass is 35.5. The molecule has 5 aromatic rings. The van der Waals surface area contributed by atoms with Crippen molar-refractivity contribution in [3.63, 3.8) is 0 Å². The zero-order valence-electron chi connectivity index (χ0n) is 20.3. The van der Waals surface area contributed by atoms with E-state index >= 15 is 0 Å². The smallest absolute Gasteiger partial charge is 0.267 e. The average Bonchev–Trinajstić information content (AvgIpc) is 2.88. The lowest BCUT2D eigenvalue weighted by molar-refractivity contribution is 0.598. The van der Waals surface area contributed by atoms with E-state index in [1.165, 1.54) is 23.0 Å². The summed E-state index contributed by atoms with van der Waals surface area (Å²) in [5, 5.41) is 3.88. The Balaban J connectivity index is 1.63. The van der Waals surface area contributed by atoms with Crippen molar-refractivity contribution in [1.82, 2.24) is 24.5 Å². The molecule has 3 N–H and O–H groups in total. The fourth-order valence-electron chi connectivity index (χ4n) is 4.07. The molecule has 192 valence electrons. The molecule has 0 saturated heterocycles. The maximum Gasteiger partial charge on any atom is 0.267 e. The van der Waals surface area contributed by atoms with Crippen molar-refractivity contribution < 1.29 is 8.42 Å². The van der Waals surface area contributed by atoms with Crippen molar-refractivity contribution in [2.75, 3.05) is 17.3 Å². The van der Waals surface area contributed by atoms with Crippen molar-refractivity contribution >= 4 is 44.1 Å². The van der Waals surface area contributed by atoms with Crippen LogP contribution >= 0.6 is 11.6 Å². The minimum atomic E-state index is -3.46. The van der Waals surface area contributed by atoms with Crippen LogP contribution < -0.4 is 16.6 Å². The number of hydrogen-bond donors (Lipinski definition) is 2. The predicted octanol–water partition coefficient (Wildman–Crippen LogP) is 4.05. The molecule has 12 heteroatoms. The summed E-state index contributed by atoms with van der Waals surface area (Å²) in [5.41, 5.74) is 7.78. The van der Waals surface area contributed by atoms with Crippen LogP contribution in [0.2, 0.25) is 5.02 Å². The second-order valence-electron chi connectivity index (χ2n) is 8.59. The van der Waals surface area contributed by atoms with E-state index in [9.17, 15) is 13.2 Å². The molecule has 1 atom stereocenters. The summed E-state index contributed by atoms with van der Waals surface area (Å²) in [6.45, 7) is 1.84. The Morgan fingerprint density at radius 3 is 2.42 bits per heavy atom. The van der Waals surface area contributed by atoms with E-state index in [4.69, 9.17) is 22.3 Å². The van der Waals surface area contributed by atoms with Crippen LogP contribution in [0.3, 0.4) is 0 Å². The third kappa shape index (κ3) is 4.81. The van der Waals surface area contributed by atoms with E-state index in [0.29, 0.717) is 44.4 Å². The van der Waals surface area contributed by atoms with Gasteiger partial charge in [0.2, 0.25) is 5.95 Å². The molecule has 5 rings (SSSR count). The molecule has 0 aliphatic heterocycles. The van der Waals surface area contributed by atoms with Gasteiger partial charge in [0.25, 0.3) is 5.56 Å². The van der Waals surface area contributed by atoms with Gasteiger partial charge < -0.3 is 11.1 Å². The number of anilines is 2. The lowest BCUT2D eigenvalue weighted by Crippen LogP contribution is -2.27. The summed E-state index contributed by atoms with van der Waals surface area (Å²) in [7, 11) is -3.46. The monoisotopic (exact) mass is 547 g/mol. The first-order valence-electron chi connectivity index (χ1n) is 11.5. The Labute approximate surface area is 223 Å². The molecule has 0 aliphatic carbocycles. The van der Waals surface area contributed by atoms with E-state index < -0.39 is 15.9 Å². The molecule has 0 bridgehead atoms. The summed E-state index contributed by atoms with van der Waals surface area (Å²) in [6.07, 6.45) is 4.04. The molecular weight excluding hydrogens is 526 g/mol. The highest BCUT2D eigenvalue weighted by Gasteiger charge is 2.21. The van der Waals surface area contributed by atoms with Gasteiger partial charge >= 0.3 is 0 Å². The molecule has 3 heterocycles. The van der Waals surface area contributed by atoms with Crippen LogP contribution in [-0.4, -0.2) is 39.2 Å². The molecule has 3 aromatic heterocycles. The fraction of sp³-hybridized carbons (Fsp3) is 0.115. The number of rotatable bonds is 6. The van der Waals surface area contributed by atoms with Gasteiger partial charge in [-0.2, -0.15) is 4.98 Å². The van der Waals surface area contributed by atoms with E-state index in [2.05, 4.69) is 20.3 Å². The minimum absolute atomic E-state index is 0.0304. The predicted molar refractivity (Wildman–Crippen MR) is 147 cm³/mol. The van der Waals surface area contributed by atoms with Crippen molar-refractivity contribution in [2.24, 2.45) is 0 Å². The molecule has 0 radical (unpaired) electrons. The number of para-hydroxylation sites is 1. The lowest BCUT2D eigenvalue weighted by Gasteiger charge is -2.21. The number of fused-ring (bicyclic) bond motifs is 1. The van der Waals surface area contributed by atoms with Gasteiger partial charge in [0.15, 0.2) is 14.9 Å². The minimum Gasteiger partial charge on any atom is -0.368 e. The first-order chi connectivity index (χ1) is 18.1. The van der Waals surface area contributed by atoms with Gasteiger partial charge in [-0.05, 0) is 43.3 Å². The van der Waals surface area contributed by atoms with Gasteiger partial charge in [0, 0.05) is 29.8 Å². The van der Waals surface area contributed by atoms with Crippen LogP contribution in [0, 0.1) is 0 Å². The SMILES string of the molecule is C[C@H](Nc1nc(N)ncc1-c1ccc(S(C)(=O)=O)nc1)c1nc2cccc(Cl)c2c(=O)n1-c1ccccc1. The van der Waals surface area contributed by atoms with Gasteiger partial charge in [-0.25, -0.2) is 23.4 Å². The lowest BCUT2D eigenvalue weighted by atomic mass is 10.1. The zero-order chi connectivity index (χ0) is 27.0. The average molecular weight is 548 g/mol. The molecule has 0 spiro atoms. The van der Waals surface area contributed by atoms with Crippen molar-refractivity contribution in [3.05, 3.63) is 94.3 Å². The summed E-state index contributed by atoms with van der Waals surface area (Å²) >= 11 is 6.39. The summed E-state index contributed by atoms with van der Waals surface area (Å²) in [6, 6.07) is 16.8. The number of aromatic nitrogens is 5. The summed E-state index contributed by atoms with van der Waals surface area (Å²) in [5.74, 6) is 0.812. The number of nitrogens with two attached hydrogens (primary N) is 1. The Kier molecular flexibility index (Phi) is 6.55. The summed E-state index contributed by atoms with van der Waals surface area (Å²) in [4.78, 5) is 31.0. The second kappa shape index (κ2) is 9.84. The number of halogens is 1. The highest BCUT2D eigenvalue weighted by molar-refractivity contribution is 7.90. The van der Waals surface area contributed by atoms with E-state index in [-0.39, 0.29) is 16.5 Å². The molecule has 10 nitrogen and oxygen atoms in total. The highest BCUT2D eigenvalue weighted by Crippen LogP contribution is 2.30. The molecule has 2 aromatic carbocycles. The molecular formula is C26H22ClN7O3S. The van der Waals surface area contributed by atoms with Crippen LogP contribution in [0.4, 0.5) is 11.8 Å². The van der Waals surface area contributed by atoms with Crippen molar-refractivity contribution in [2.45, 2.75) is 18.0 Å². The van der Waals surface area contributed by atoms with Crippen molar-refractivity contribution in [3.8, 4) is 16.8 Å². The maximum atomic E-state index is 13.7. The first kappa shape index (κ1) is 25.3. The second-order valence-corrected chi connectivity index (χ2v) is 11.0. The third-order valence-corrected chi connectivity index (χ3v) is 7.18. The molecule has 0 amide bonds. The largest absolute Gasteiger partial charge is 0.368 e. The Bertz CT molecular complexity index is 1830. The van der Waals surface area contributed by atoms with E-state index in [0.717, 1.165) is 6.26 Å². The van der Waals surface area contributed by atoms with Crippen LogP contribution in [0.5, 0.6) is 0 Å². The van der Waals surface area contributed by atoms with Gasteiger partial charge in [-0.1, -0.05) is 35.9 Å². The Morgan fingerprint density at radius 1 is 0.974 bits per heavy atom. The number of sulfone groups is 1. The van der Waals surface area contributed by atoms with Crippen LogP contribution in [0.15, 0.2) is 82.9 Å². The normalized spacial score (nSPS) is 12.4. The molecule has 0 fully saturated rings. The van der Waals surface area contributed by atoms with E-state index in [1.807, 2.05) is 37.3 Å². The maximum absolute atomic E-state index is 13.7. The van der Waals surface area contributed by atoms with Gasteiger partial charge in [0.05, 0.1) is 27.7 Å². The van der Waals surface area contributed by atoms with Gasteiger partial charge in [0.1, 0.15) is 11.6 Å². The summed E-state index contributed by atoms with van der Waals surface area (Å²) < 4.78 is 25.2. The number of nitrogen functional groups attached to an aromatic ring is 1. The topological polar surface area (TPSA) is 146 Å². The van der Waals surface area contributed by atoms with E-state index in [1.54, 1.807) is 24.3 Å². The molecule has 38 heavy (non-hydrogen) atoms. The molecule has 0 aliphatic rings. The fourth-order valence-corrected chi connectivity index (χ4v) is 4.88. The standard InChI is InChI=1S/C26H22ClN7O3S/c1-15(31-23-18(14-30-26(28)33-23)16-11-12-21(29-13-16)38(2,36)37)24-32-20-10-6-9-19(27)22(20)25(35)34(24)17-7-4-3-5-8-17/h3-15H,1-2H3,(H3,28,30,31,33)/t15-/m0/s1. The molecule has 0 saturated carbocycles. The van der Waals surface area contributed by atoms with Gasteiger partial charge in [-0.3, -0.25) is 9.36 Å². The van der Waals surface area contributed by atoms with Crippen molar-refractivity contribution in [1.29, 1.82) is 0 Å². The Hall–Kier alpha value is -4.35. The first-order valence-corrected chi connectivity index (χ1v) is 13.7. The molecule has 0 unspecified atom stereocenters. The quantitative estimate of drug-likeness (QED) is 0.321. The number of hydrogen-bond acceptors (Lipinski definition) is 9. The third-order valence-electron chi connectivity index (χ3n) is 5.86. The number of nitrogens with zero attached hydrogens (tertiary/aromatic N) is 5.